The molecule has 0 aromatic heterocycles. The third kappa shape index (κ3) is 1.83. The third-order valence-corrected chi connectivity index (χ3v) is 4.89. The number of allylic oxidation sites excluding steroid dienone is 6. The van der Waals surface area contributed by atoms with Crippen LogP contribution in [0.15, 0.2) is 52.6 Å². The Morgan fingerprint density at radius 2 is 1.80 bits per heavy atom. The van der Waals surface area contributed by atoms with E-state index in [1.807, 2.05) is 6.07 Å². The van der Waals surface area contributed by atoms with Crippen LogP contribution >= 0.6 is 11.6 Å². The van der Waals surface area contributed by atoms with Gasteiger partial charge >= 0.3 is 0 Å². The van der Waals surface area contributed by atoms with Gasteiger partial charge in [0.05, 0.1) is 0 Å². The van der Waals surface area contributed by atoms with Crippen LogP contribution in [0.25, 0.3) is 11.6 Å². The number of halogens is 1. The standard InChI is InChI=1S/C19H17Cl/c1-12-2-7-16-14(10-12)5-9-18-17(16)8-4-13-3-6-15(20)11-19(13)18/h2-4,6,10-11H,5,7-9H2,1H3. The largest absolute Gasteiger partial charge is 0.0843 e. The van der Waals surface area contributed by atoms with Crippen molar-refractivity contribution < 1.29 is 0 Å². The van der Waals surface area contributed by atoms with Crippen LogP contribution in [0.3, 0.4) is 0 Å². The summed E-state index contributed by atoms with van der Waals surface area (Å²) in [6.07, 6.45) is 11.6. The van der Waals surface area contributed by atoms with Gasteiger partial charge in [0.25, 0.3) is 0 Å². The highest BCUT2D eigenvalue weighted by Crippen LogP contribution is 2.40. The maximum Gasteiger partial charge on any atom is 0.0412 e. The number of benzene rings is 1. The molecular formula is C19H17Cl. The fourth-order valence-electron chi connectivity index (χ4n) is 3.67. The normalized spacial score (nSPS) is 20.4. The molecule has 0 atom stereocenters. The molecule has 0 fully saturated rings. The molecule has 20 heavy (non-hydrogen) atoms. The van der Waals surface area contributed by atoms with E-state index in [0.29, 0.717) is 0 Å². The molecule has 3 aliphatic rings. The van der Waals surface area contributed by atoms with E-state index in [-0.39, 0.29) is 0 Å². The first kappa shape index (κ1) is 12.2. The molecule has 0 aliphatic heterocycles. The van der Waals surface area contributed by atoms with Crippen molar-refractivity contribution in [3.05, 3.63) is 68.1 Å². The molecule has 4 rings (SSSR count). The van der Waals surface area contributed by atoms with Gasteiger partial charge in [-0.3, -0.25) is 0 Å². The molecular weight excluding hydrogens is 264 g/mol. The Labute approximate surface area is 124 Å². The Morgan fingerprint density at radius 3 is 2.70 bits per heavy atom. The lowest BCUT2D eigenvalue weighted by molar-refractivity contribution is 0.900. The third-order valence-electron chi connectivity index (χ3n) is 4.66. The Hall–Kier alpha value is -1.53. The van der Waals surface area contributed by atoms with Crippen molar-refractivity contribution in [1.82, 2.24) is 0 Å². The second-order valence-electron chi connectivity index (χ2n) is 5.90. The molecule has 0 N–H and O–H groups in total. The lowest BCUT2D eigenvalue weighted by atomic mass is 9.76. The van der Waals surface area contributed by atoms with Gasteiger partial charge < -0.3 is 0 Å². The number of rotatable bonds is 0. The topological polar surface area (TPSA) is 0 Å². The van der Waals surface area contributed by atoms with Crippen LogP contribution in [-0.4, -0.2) is 0 Å². The van der Waals surface area contributed by atoms with E-state index in [1.54, 1.807) is 16.7 Å². The molecule has 3 aliphatic carbocycles. The lowest BCUT2D eigenvalue weighted by Gasteiger charge is -2.29. The van der Waals surface area contributed by atoms with Gasteiger partial charge in [0.1, 0.15) is 0 Å². The zero-order valence-electron chi connectivity index (χ0n) is 11.7. The maximum atomic E-state index is 6.20. The molecule has 0 saturated carbocycles. The average molecular weight is 281 g/mol. The van der Waals surface area contributed by atoms with Gasteiger partial charge in [0.2, 0.25) is 0 Å². The predicted molar refractivity (Wildman–Crippen MR) is 85.9 cm³/mol. The smallest absolute Gasteiger partial charge is 0.0412 e. The second kappa shape index (κ2) is 4.49. The van der Waals surface area contributed by atoms with Crippen LogP contribution in [0.1, 0.15) is 32.6 Å². The van der Waals surface area contributed by atoms with Crippen molar-refractivity contribution >= 4 is 23.3 Å². The summed E-state index contributed by atoms with van der Waals surface area (Å²) >= 11 is 6.20. The van der Waals surface area contributed by atoms with Crippen LogP contribution in [0.2, 0.25) is 5.02 Å². The monoisotopic (exact) mass is 280 g/mol. The van der Waals surface area contributed by atoms with E-state index >= 15 is 0 Å². The summed E-state index contributed by atoms with van der Waals surface area (Å²) in [5.74, 6) is 0. The summed E-state index contributed by atoms with van der Waals surface area (Å²) in [5, 5.41) is 3.55. The van der Waals surface area contributed by atoms with Gasteiger partial charge in [0.15, 0.2) is 0 Å². The minimum atomic E-state index is 0.844. The summed E-state index contributed by atoms with van der Waals surface area (Å²) in [4.78, 5) is 0. The summed E-state index contributed by atoms with van der Waals surface area (Å²) in [7, 11) is 0. The summed E-state index contributed by atoms with van der Waals surface area (Å²) in [5.41, 5.74) is 7.63. The minimum absolute atomic E-state index is 0.844. The highest BCUT2D eigenvalue weighted by molar-refractivity contribution is 6.30. The molecule has 0 bridgehead atoms. The van der Waals surface area contributed by atoms with Gasteiger partial charge in [0, 0.05) is 5.02 Å². The Balaban J connectivity index is 2.00. The molecule has 1 heteroatoms. The molecule has 0 amide bonds. The Bertz CT molecular complexity index is 816. The van der Waals surface area contributed by atoms with E-state index in [1.165, 1.54) is 28.0 Å². The van der Waals surface area contributed by atoms with Gasteiger partial charge in [-0.25, -0.2) is 0 Å². The van der Waals surface area contributed by atoms with Crippen LogP contribution in [0.4, 0.5) is 0 Å². The van der Waals surface area contributed by atoms with Crippen LogP contribution in [0.5, 0.6) is 0 Å². The van der Waals surface area contributed by atoms with E-state index < -0.39 is 0 Å². The summed E-state index contributed by atoms with van der Waals surface area (Å²) in [6.45, 7) is 2.20. The molecule has 1 aromatic rings. The molecule has 0 heterocycles. The molecule has 100 valence electrons. The van der Waals surface area contributed by atoms with Crippen molar-refractivity contribution in [3.8, 4) is 0 Å². The van der Waals surface area contributed by atoms with E-state index in [4.69, 9.17) is 11.6 Å². The molecule has 0 saturated heterocycles. The van der Waals surface area contributed by atoms with Gasteiger partial charge in [-0.15, -0.1) is 0 Å². The first-order chi connectivity index (χ1) is 9.72. The van der Waals surface area contributed by atoms with Crippen LogP contribution in [0, 0.1) is 0 Å². The Morgan fingerprint density at radius 1 is 0.950 bits per heavy atom. The lowest BCUT2D eigenvalue weighted by Crippen LogP contribution is -2.31. The molecule has 0 radical (unpaired) electrons. The van der Waals surface area contributed by atoms with Gasteiger partial charge in [-0.05, 0) is 77.5 Å². The molecule has 1 aromatic carbocycles. The van der Waals surface area contributed by atoms with Crippen molar-refractivity contribution in [2.75, 3.05) is 0 Å². The Kier molecular flexibility index (Phi) is 2.75. The first-order valence-corrected chi connectivity index (χ1v) is 7.69. The van der Waals surface area contributed by atoms with Crippen LogP contribution in [-0.2, 0) is 0 Å². The van der Waals surface area contributed by atoms with Crippen molar-refractivity contribution in [1.29, 1.82) is 0 Å². The summed E-state index contributed by atoms with van der Waals surface area (Å²) in [6, 6.07) is 6.29. The zero-order valence-corrected chi connectivity index (χ0v) is 12.4. The van der Waals surface area contributed by atoms with E-state index in [2.05, 4.69) is 37.3 Å². The number of fused-ring (bicyclic) bond motifs is 3. The molecule has 0 unspecified atom stereocenters. The number of hydrogen-bond acceptors (Lipinski definition) is 0. The van der Waals surface area contributed by atoms with Crippen molar-refractivity contribution in [2.45, 2.75) is 32.6 Å². The van der Waals surface area contributed by atoms with Crippen molar-refractivity contribution in [2.24, 2.45) is 0 Å². The minimum Gasteiger partial charge on any atom is -0.0843 e. The van der Waals surface area contributed by atoms with E-state index in [9.17, 15) is 0 Å². The quantitative estimate of drug-likeness (QED) is 0.673. The summed E-state index contributed by atoms with van der Waals surface area (Å²) < 4.78 is 0. The molecule has 0 nitrogen and oxygen atoms in total. The second-order valence-corrected chi connectivity index (χ2v) is 6.33. The van der Waals surface area contributed by atoms with Crippen molar-refractivity contribution in [3.63, 3.8) is 0 Å². The first-order valence-electron chi connectivity index (χ1n) is 7.31. The van der Waals surface area contributed by atoms with Gasteiger partial charge in [-0.2, -0.15) is 0 Å². The maximum absolute atomic E-state index is 6.20. The van der Waals surface area contributed by atoms with Gasteiger partial charge in [-0.1, -0.05) is 41.5 Å². The predicted octanol–water partition coefficient (Wildman–Crippen LogP) is 4.04. The molecule has 0 spiro atoms. The average Bonchev–Trinajstić information content (AvgIpc) is 2.46. The number of hydrogen-bond donors (Lipinski definition) is 0. The zero-order chi connectivity index (χ0) is 13.7. The fraction of sp³-hybridized carbons (Fsp3) is 0.263. The fourth-order valence-corrected chi connectivity index (χ4v) is 3.84. The van der Waals surface area contributed by atoms with E-state index in [0.717, 1.165) is 24.3 Å². The SMILES string of the molecule is CC1=CCC2=C3CC=c4ccc(Cl)cc4=C3CCC2=C1. The highest BCUT2D eigenvalue weighted by Gasteiger charge is 2.23. The van der Waals surface area contributed by atoms with Crippen LogP contribution < -0.4 is 10.4 Å². The highest BCUT2D eigenvalue weighted by atomic mass is 35.5.